The van der Waals surface area contributed by atoms with Gasteiger partial charge in [-0.1, -0.05) is 6.07 Å². The van der Waals surface area contributed by atoms with E-state index < -0.39 is 0 Å². The first-order valence-electron chi connectivity index (χ1n) is 3.47. The molecule has 1 aromatic heterocycles. The highest BCUT2D eigenvalue weighted by atomic mass is 14.8. The van der Waals surface area contributed by atoms with Crippen molar-refractivity contribution in [2.24, 2.45) is 0 Å². The highest BCUT2D eigenvalue weighted by Crippen LogP contribution is 1.94. The van der Waals surface area contributed by atoms with Gasteiger partial charge in [-0.25, -0.2) is 0 Å². The third-order valence-electron chi connectivity index (χ3n) is 1.39. The van der Waals surface area contributed by atoms with Crippen molar-refractivity contribution in [2.75, 3.05) is 13.6 Å². The first-order valence-corrected chi connectivity index (χ1v) is 3.47. The monoisotopic (exact) mass is 136 g/mol. The predicted molar refractivity (Wildman–Crippen MR) is 41.9 cm³/mol. The number of nitrogens with one attached hydrogen (secondary N) is 1. The second kappa shape index (κ2) is 4.01. The normalized spacial score (nSPS) is 9.70. The molecule has 54 valence electrons. The topological polar surface area (TPSA) is 24.9 Å². The van der Waals surface area contributed by atoms with Gasteiger partial charge in [0.2, 0.25) is 0 Å². The van der Waals surface area contributed by atoms with Crippen LogP contribution in [0, 0.1) is 0 Å². The molecule has 1 aromatic rings. The van der Waals surface area contributed by atoms with Crippen molar-refractivity contribution in [1.29, 1.82) is 0 Å². The third-order valence-corrected chi connectivity index (χ3v) is 1.39. The Morgan fingerprint density at radius 2 is 2.50 bits per heavy atom. The van der Waals surface area contributed by atoms with Gasteiger partial charge in [-0.05, 0) is 31.6 Å². The second-order valence-electron chi connectivity index (χ2n) is 2.21. The lowest BCUT2D eigenvalue weighted by atomic mass is 10.2. The molecule has 0 amide bonds. The Hall–Kier alpha value is -0.890. The summed E-state index contributed by atoms with van der Waals surface area (Å²) in [5.74, 6) is 0. The molecule has 0 spiro atoms. The maximum Gasteiger partial charge on any atom is 0.0300 e. The van der Waals surface area contributed by atoms with Gasteiger partial charge in [0.05, 0.1) is 0 Å². The molecule has 0 aliphatic carbocycles. The smallest absolute Gasteiger partial charge is 0.0300 e. The Kier molecular flexibility index (Phi) is 2.90. The van der Waals surface area contributed by atoms with E-state index in [9.17, 15) is 0 Å². The molecule has 0 saturated heterocycles. The van der Waals surface area contributed by atoms with Gasteiger partial charge < -0.3 is 5.32 Å². The molecule has 0 fully saturated rings. The van der Waals surface area contributed by atoms with Crippen LogP contribution in [-0.4, -0.2) is 18.6 Å². The Morgan fingerprint density at radius 3 is 3.10 bits per heavy atom. The standard InChI is InChI=1S/C8H12N2/c1-9-6-4-8-3-2-5-10-7-8/h2-3,5,7,9H,4,6H2,1H3. The summed E-state index contributed by atoms with van der Waals surface area (Å²) < 4.78 is 0. The van der Waals surface area contributed by atoms with Gasteiger partial charge in [-0.15, -0.1) is 0 Å². The van der Waals surface area contributed by atoms with Crippen LogP contribution in [0.2, 0.25) is 0 Å². The molecule has 1 heterocycles. The van der Waals surface area contributed by atoms with E-state index in [-0.39, 0.29) is 0 Å². The van der Waals surface area contributed by atoms with E-state index in [2.05, 4.69) is 16.4 Å². The first kappa shape index (κ1) is 7.22. The van der Waals surface area contributed by atoms with Crippen LogP contribution in [0.5, 0.6) is 0 Å². The average Bonchev–Trinajstić information content (AvgIpc) is 2.03. The number of aromatic nitrogens is 1. The van der Waals surface area contributed by atoms with Crippen molar-refractivity contribution in [3.63, 3.8) is 0 Å². The number of nitrogens with zero attached hydrogens (tertiary/aromatic N) is 1. The number of likely N-dealkylation sites (N-methyl/N-ethyl adjacent to an activating group) is 1. The Morgan fingerprint density at radius 1 is 1.60 bits per heavy atom. The van der Waals surface area contributed by atoms with Crippen molar-refractivity contribution in [3.8, 4) is 0 Å². The molecule has 0 aliphatic heterocycles. The number of hydrogen-bond donors (Lipinski definition) is 1. The Bertz CT molecular complexity index is 172. The summed E-state index contributed by atoms with van der Waals surface area (Å²) >= 11 is 0. The summed E-state index contributed by atoms with van der Waals surface area (Å²) in [5, 5.41) is 3.09. The third kappa shape index (κ3) is 2.15. The molecule has 0 saturated carbocycles. The maximum absolute atomic E-state index is 4.01. The highest BCUT2D eigenvalue weighted by molar-refractivity contribution is 5.08. The van der Waals surface area contributed by atoms with Gasteiger partial charge in [-0.3, -0.25) is 4.98 Å². The van der Waals surface area contributed by atoms with Crippen molar-refractivity contribution in [2.45, 2.75) is 6.42 Å². The van der Waals surface area contributed by atoms with E-state index in [1.54, 1.807) is 6.20 Å². The van der Waals surface area contributed by atoms with Crippen molar-refractivity contribution in [1.82, 2.24) is 10.3 Å². The molecule has 10 heavy (non-hydrogen) atoms. The van der Waals surface area contributed by atoms with Gasteiger partial charge in [-0.2, -0.15) is 0 Å². The zero-order valence-electron chi connectivity index (χ0n) is 6.17. The van der Waals surface area contributed by atoms with Crippen molar-refractivity contribution < 1.29 is 0 Å². The fourth-order valence-corrected chi connectivity index (χ4v) is 0.815. The molecule has 0 radical (unpaired) electrons. The lowest BCUT2D eigenvalue weighted by Gasteiger charge is -1.97. The van der Waals surface area contributed by atoms with Crippen LogP contribution in [-0.2, 0) is 6.42 Å². The molecule has 0 aromatic carbocycles. The van der Waals surface area contributed by atoms with Gasteiger partial charge in [0, 0.05) is 12.4 Å². The van der Waals surface area contributed by atoms with Crippen molar-refractivity contribution >= 4 is 0 Å². The summed E-state index contributed by atoms with van der Waals surface area (Å²) in [6.45, 7) is 1.02. The van der Waals surface area contributed by atoms with E-state index in [0.29, 0.717) is 0 Å². The van der Waals surface area contributed by atoms with Crippen LogP contribution >= 0.6 is 0 Å². The minimum atomic E-state index is 1.02. The molecule has 0 aliphatic rings. The summed E-state index contributed by atoms with van der Waals surface area (Å²) in [4.78, 5) is 4.01. The Balaban J connectivity index is 2.43. The SMILES string of the molecule is CNCCc1cccnc1. The minimum absolute atomic E-state index is 1.02. The molecule has 0 atom stereocenters. The van der Waals surface area contributed by atoms with Gasteiger partial charge in [0.15, 0.2) is 0 Å². The zero-order valence-corrected chi connectivity index (χ0v) is 6.17. The first-order chi connectivity index (χ1) is 4.93. The lowest BCUT2D eigenvalue weighted by Crippen LogP contribution is -2.10. The molecular weight excluding hydrogens is 124 g/mol. The molecule has 0 unspecified atom stereocenters. The maximum atomic E-state index is 4.01. The molecule has 1 rings (SSSR count). The molecule has 0 bridgehead atoms. The minimum Gasteiger partial charge on any atom is -0.319 e. The highest BCUT2D eigenvalue weighted by Gasteiger charge is 1.87. The fraction of sp³-hybridized carbons (Fsp3) is 0.375. The number of hydrogen-bond acceptors (Lipinski definition) is 2. The second-order valence-corrected chi connectivity index (χ2v) is 2.21. The van der Waals surface area contributed by atoms with Crippen LogP contribution in [0.15, 0.2) is 24.5 Å². The summed E-state index contributed by atoms with van der Waals surface area (Å²) in [7, 11) is 1.95. The fourth-order valence-electron chi connectivity index (χ4n) is 0.815. The van der Waals surface area contributed by atoms with E-state index >= 15 is 0 Å². The van der Waals surface area contributed by atoms with E-state index in [4.69, 9.17) is 0 Å². The average molecular weight is 136 g/mol. The molecule has 1 N–H and O–H groups in total. The molecule has 2 nitrogen and oxygen atoms in total. The number of rotatable bonds is 3. The largest absolute Gasteiger partial charge is 0.319 e. The van der Waals surface area contributed by atoms with Crippen LogP contribution in [0.25, 0.3) is 0 Å². The van der Waals surface area contributed by atoms with E-state index in [1.807, 2.05) is 19.3 Å². The van der Waals surface area contributed by atoms with E-state index in [1.165, 1.54) is 5.56 Å². The van der Waals surface area contributed by atoms with Crippen molar-refractivity contribution in [3.05, 3.63) is 30.1 Å². The summed E-state index contributed by atoms with van der Waals surface area (Å²) in [5.41, 5.74) is 1.29. The van der Waals surface area contributed by atoms with Crippen LogP contribution < -0.4 is 5.32 Å². The lowest BCUT2D eigenvalue weighted by molar-refractivity contribution is 0.789. The Labute approximate surface area is 61.3 Å². The van der Waals surface area contributed by atoms with E-state index in [0.717, 1.165) is 13.0 Å². The zero-order chi connectivity index (χ0) is 7.23. The van der Waals surface area contributed by atoms with Crippen LogP contribution in [0.4, 0.5) is 0 Å². The summed E-state index contributed by atoms with van der Waals surface area (Å²) in [6.07, 6.45) is 4.75. The van der Waals surface area contributed by atoms with Gasteiger partial charge in [0.1, 0.15) is 0 Å². The van der Waals surface area contributed by atoms with Gasteiger partial charge >= 0.3 is 0 Å². The quantitative estimate of drug-likeness (QED) is 0.666. The summed E-state index contributed by atoms with van der Waals surface area (Å²) in [6, 6.07) is 4.05. The predicted octanol–water partition coefficient (Wildman–Crippen LogP) is 0.844. The molecular formula is C8H12N2. The van der Waals surface area contributed by atoms with Crippen LogP contribution in [0.3, 0.4) is 0 Å². The van der Waals surface area contributed by atoms with Crippen LogP contribution in [0.1, 0.15) is 5.56 Å². The molecule has 2 heteroatoms. The number of pyridine rings is 1. The van der Waals surface area contributed by atoms with Gasteiger partial charge in [0.25, 0.3) is 0 Å².